The van der Waals surface area contributed by atoms with E-state index in [1.54, 1.807) is 0 Å². The highest BCUT2D eigenvalue weighted by molar-refractivity contribution is 5.66. The lowest BCUT2D eigenvalue weighted by Crippen LogP contribution is -2.03. The molecule has 70 valence electrons. The molecule has 0 radical (unpaired) electrons. The molecule has 0 fully saturated rings. The van der Waals surface area contributed by atoms with Crippen molar-refractivity contribution in [3.05, 3.63) is 11.6 Å². The molecular formula is C10H18O2. The van der Waals surface area contributed by atoms with Gasteiger partial charge >= 0.3 is 5.97 Å². The fraction of sp³-hybridized carbons (Fsp3) is 0.700. The third-order valence-electron chi connectivity index (χ3n) is 1.74. The van der Waals surface area contributed by atoms with Gasteiger partial charge in [-0.15, -0.1) is 0 Å². The highest BCUT2D eigenvalue weighted by atomic mass is 16.4. The van der Waals surface area contributed by atoms with Crippen molar-refractivity contribution in [1.29, 1.82) is 0 Å². The Kier molecular flexibility index (Phi) is 5.43. The number of rotatable bonds is 5. The number of aliphatic carboxylic acids is 1. The molecule has 0 aliphatic carbocycles. The minimum Gasteiger partial charge on any atom is -0.481 e. The lowest BCUT2D eigenvalue weighted by atomic mass is 10.0. The summed E-state index contributed by atoms with van der Waals surface area (Å²) >= 11 is 0. The van der Waals surface area contributed by atoms with Crippen LogP contribution in [0.25, 0.3) is 0 Å². The summed E-state index contributed by atoms with van der Waals surface area (Å²) < 4.78 is 0. The van der Waals surface area contributed by atoms with Crippen molar-refractivity contribution in [2.45, 2.75) is 40.0 Å². The zero-order valence-corrected chi connectivity index (χ0v) is 8.13. The van der Waals surface area contributed by atoms with Crippen LogP contribution in [0.1, 0.15) is 40.0 Å². The molecule has 0 saturated heterocycles. The van der Waals surface area contributed by atoms with Crippen molar-refractivity contribution in [1.82, 2.24) is 0 Å². The van der Waals surface area contributed by atoms with Crippen LogP contribution < -0.4 is 0 Å². The molecule has 12 heavy (non-hydrogen) atoms. The van der Waals surface area contributed by atoms with E-state index < -0.39 is 5.97 Å². The quantitative estimate of drug-likeness (QED) is 0.644. The monoisotopic (exact) mass is 170 g/mol. The summed E-state index contributed by atoms with van der Waals surface area (Å²) in [5.74, 6) is -0.405. The normalized spacial score (nSPS) is 12.2. The molecule has 0 amide bonds. The lowest BCUT2D eigenvalue weighted by Gasteiger charge is -2.05. The maximum Gasteiger partial charge on any atom is 0.303 e. The Labute approximate surface area is 74.3 Å². The molecule has 0 bridgehead atoms. The predicted octanol–water partition coefficient (Wildman–Crippen LogP) is 2.84. The Morgan fingerprint density at radius 1 is 1.50 bits per heavy atom. The van der Waals surface area contributed by atoms with Gasteiger partial charge in [-0.3, -0.25) is 4.79 Å². The van der Waals surface area contributed by atoms with E-state index in [0.29, 0.717) is 0 Å². The van der Waals surface area contributed by atoms with E-state index in [-0.39, 0.29) is 12.3 Å². The van der Waals surface area contributed by atoms with Gasteiger partial charge in [-0.1, -0.05) is 18.6 Å². The van der Waals surface area contributed by atoms with Gasteiger partial charge in [0.15, 0.2) is 0 Å². The molecule has 1 N–H and O–H groups in total. The summed E-state index contributed by atoms with van der Waals surface area (Å²) in [4.78, 5) is 10.3. The summed E-state index contributed by atoms with van der Waals surface area (Å²) in [5, 5.41) is 8.48. The van der Waals surface area contributed by atoms with E-state index in [4.69, 9.17) is 5.11 Å². The molecule has 0 spiro atoms. The van der Waals surface area contributed by atoms with Gasteiger partial charge in [-0.05, 0) is 32.6 Å². The molecule has 2 heteroatoms. The first-order chi connectivity index (χ1) is 5.52. The molecule has 2 nitrogen and oxygen atoms in total. The van der Waals surface area contributed by atoms with Gasteiger partial charge in [-0.2, -0.15) is 0 Å². The van der Waals surface area contributed by atoms with Crippen LogP contribution in [-0.4, -0.2) is 11.1 Å². The van der Waals surface area contributed by atoms with E-state index in [1.807, 2.05) is 6.92 Å². The van der Waals surface area contributed by atoms with Gasteiger partial charge in [0.2, 0.25) is 0 Å². The number of carboxylic acid groups (broad SMARTS) is 1. The van der Waals surface area contributed by atoms with Gasteiger partial charge in [-0.25, -0.2) is 0 Å². The molecule has 0 aliphatic heterocycles. The highest BCUT2D eigenvalue weighted by Crippen LogP contribution is 2.11. The smallest absolute Gasteiger partial charge is 0.303 e. The van der Waals surface area contributed by atoms with Crippen molar-refractivity contribution in [3.8, 4) is 0 Å². The first-order valence-corrected chi connectivity index (χ1v) is 4.37. The third kappa shape index (κ3) is 7.32. The molecule has 0 aliphatic rings. The summed E-state index contributed by atoms with van der Waals surface area (Å²) in [6, 6.07) is 0. The SMILES string of the molecule is CC(C)=CCC[C@H](C)CC(=O)O. The minimum atomic E-state index is -0.695. The predicted molar refractivity (Wildman–Crippen MR) is 50.1 cm³/mol. The van der Waals surface area contributed by atoms with Gasteiger partial charge in [0.1, 0.15) is 0 Å². The second-order valence-electron chi connectivity index (χ2n) is 3.56. The van der Waals surface area contributed by atoms with Crippen LogP contribution in [0, 0.1) is 5.92 Å². The van der Waals surface area contributed by atoms with Crippen LogP contribution in [0.4, 0.5) is 0 Å². The summed E-state index contributed by atoms with van der Waals surface area (Å²) in [5.41, 5.74) is 1.30. The van der Waals surface area contributed by atoms with Crippen molar-refractivity contribution in [3.63, 3.8) is 0 Å². The third-order valence-corrected chi connectivity index (χ3v) is 1.74. The fourth-order valence-corrected chi connectivity index (χ4v) is 1.06. The van der Waals surface area contributed by atoms with E-state index >= 15 is 0 Å². The van der Waals surface area contributed by atoms with Gasteiger partial charge < -0.3 is 5.11 Å². The van der Waals surface area contributed by atoms with E-state index in [1.165, 1.54) is 5.57 Å². The Morgan fingerprint density at radius 2 is 2.08 bits per heavy atom. The molecule has 0 aromatic carbocycles. The average molecular weight is 170 g/mol. The zero-order valence-electron chi connectivity index (χ0n) is 8.13. The molecule has 0 rings (SSSR count). The van der Waals surface area contributed by atoms with Crippen molar-refractivity contribution >= 4 is 5.97 Å². The standard InChI is InChI=1S/C10H18O2/c1-8(2)5-4-6-9(3)7-10(11)12/h5,9H,4,6-7H2,1-3H3,(H,11,12)/t9-/m0/s1. The van der Waals surface area contributed by atoms with Crippen LogP contribution in [0.15, 0.2) is 11.6 Å². The first kappa shape index (κ1) is 11.2. The Hall–Kier alpha value is -0.790. The van der Waals surface area contributed by atoms with Crippen LogP contribution in [0.2, 0.25) is 0 Å². The molecular weight excluding hydrogens is 152 g/mol. The second-order valence-corrected chi connectivity index (χ2v) is 3.56. The van der Waals surface area contributed by atoms with Gasteiger partial charge in [0, 0.05) is 6.42 Å². The second kappa shape index (κ2) is 5.81. The Morgan fingerprint density at radius 3 is 2.50 bits per heavy atom. The number of carboxylic acids is 1. The number of allylic oxidation sites excluding steroid dienone is 2. The van der Waals surface area contributed by atoms with Crippen LogP contribution in [0.3, 0.4) is 0 Å². The summed E-state index contributed by atoms with van der Waals surface area (Å²) in [6.45, 7) is 6.09. The van der Waals surface area contributed by atoms with Crippen LogP contribution in [-0.2, 0) is 4.79 Å². The Bertz CT molecular complexity index is 167. The van der Waals surface area contributed by atoms with E-state index in [0.717, 1.165) is 12.8 Å². The molecule has 0 aromatic rings. The topological polar surface area (TPSA) is 37.3 Å². The number of hydrogen-bond donors (Lipinski definition) is 1. The molecule has 0 saturated carbocycles. The molecule has 0 aromatic heterocycles. The minimum absolute atomic E-state index is 0.288. The largest absolute Gasteiger partial charge is 0.481 e. The highest BCUT2D eigenvalue weighted by Gasteiger charge is 2.05. The fourth-order valence-electron chi connectivity index (χ4n) is 1.06. The van der Waals surface area contributed by atoms with Gasteiger partial charge in [0.25, 0.3) is 0 Å². The molecule has 1 atom stereocenters. The molecule has 0 unspecified atom stereocenters. The average Bonchev–Trinajstić information content (AvgIpc) is 1.84. The van der Waals surface area contributed by atoms with Crippen molar-refractivity contribution < 1.29 is 9.90 Å². The zero-order chi connectivity index (χ0) is 9.56. The summed E-state index contributed by atoms with van der Waals surface area (Å²) in [7, 11) is 0. The van der Waals surface area contributed by atoms with Gasteiger partial charge in [0.05, 0.1) is 0 Å². The molecule has 0 heterocycles. The van der Waals surface area contributed by atoms with E-state index in [2.05, 4.69) is 19.9 Å². The van der Waals surface area contributed by atoms with Crippen LogP contribution in [0.5, 0.6) is 0 Å². The first-order valence-electron chi connectivity index (χ1n) is 4.37. The maximum absolute atomic E-state index is 10.3. The van der Waals surface area contributed by atoms with E-state index in [9.17, 15) is 4.79 Å². The van der Waals surface area contributed by atoms with Crippen molar-refractivity contribution in [2.75, 3.05) is 0 Å². The number of carbonyl (C=O) groups is 1. The van der Waals surface area contributed by atoms with Crippen LogP contribution >= 0.6 is 0 Å². The van der Waals surface area contributed by atoms with Crippen molar-refractivity contribution in [2.24, 2.45) is 5.92 Å². The Balaban J connectivity index is 3.50. The maximum atomic E-state index is 10.3. The number of hydrogen-bond acceptors (Lipinski definition) is 1. The summed E-state index contributed by atoms with van der Waals surface area (Å²) in [6.07, 6.45) is 4.41. The lowest BCUT2D eigenvalue weighted by molar-refractivity contribution is -0.138.